The highest BCUT2D eigenvalue weighted by atomic mass is 16.5. The van der Waals surface area contributed by atoms with Gasteiger partial charge in [0, 0.05) is 25.1 Å². The van der Waals surface area contributed by atoms with Gasteiger partial charge in [0.2, 0.25) is 11.8 Å². The summed E-state index contributed by atoms with van der Waals surface area (Å²) in [7, 11) is 0. The van der Waals surface area contributed by atoms with E-state index in [1.165, 1.54) is 5.56 Å². The molecule has 1 heterocycles. The van der Waals surface area contributed by atoms with E-state index in [1.54, 1.807) is 0 Å². The third kappa shape index (κ3) is 4.92. The predicted molar refractivity (Wildman–Crippen MR) is 101 cm³/mol. The van der Waals surface area contributed by atoms with Gasteiger partial charge in [-0.3, -0.25) is 9.59 Å². The summed E-state index contributed by atoms with van der Waals surface area (Å²) in [5.74, 6) is -0.307. The van der Waals surface area contributed by atoms with Gasteiger partial charge in [0.25, 0.3) is 0 Å². The average molecular weight is 352 g/mol. The maximum Gasteiger partial charge on any atom is 0.224 e. The molecule has 5 heteroatoms. The fourth-order valence-electron chi connectivity index (χ4n) is 3.03. The summed E-state index contributed by atoms with van der Waals surface area (Å²) in [4.78, 5) is 24.0. The molecule has 3 rings (SSSR count). The Morgan fingerprint density at radius 3 is 2.58 bits per heavy atom. The van der Waals surface area contributed by atoms with Crippen LogP contribution in [0.3, 0.4) is 0 Å². The Bertz CT molecular complexity index is 771. The molecule has 0 bridgehead atoms. The molecule has 0 radical (unpaired) electrons. The molecule has 0 saturated carbocycles. The summed E-state index contributed by atoms with van der Waals surface area (Å²) in [6, 6.07) is 15.7. The van der Waals surface area contributed by atoms with Crippen LogP contribution in [0.5, 0.6) is 0 Å². The van der Waals surface area contributed by atoms with E-state index in [0.29, 0.717) is 13.2 Å². The van der Waals surface area contributed by atoms with Crippen molar-refractivity contribution < 1.29 is 14.3 Å². The number of ether oxygens (including phenoxy) is 1. The summed E-state index contributed by atoms with van der Waals surface area (Å²) in [5.41, 5.74) is 4.29. The fraction of sp³-hybridized carbons (Fsp3) is 0.333. The van der Waals surface area contributed by atoms with Gasteiger partial charge in [-0.2, -0.15) is 0 Å². The van der Waals surface area contributed by atoms with Crippen molar-refractivity contribution in [3.05, 3.63) is 65.2 Å². The SMILES string of the molecule is Cc1ccc(NC(=O)CCC(=O)NC[C@@H]2OCCc3ccccc32)cc1. The molecule has 2 amide bonds. The lowest BCUT2D eigenvalue weighted by atomic mass is 9.97. The minimum Gasteiger partial charge on any atom is -0.371 e. The van der Waals surface area contributed by atoms with Gasteiger partial charge in [-0.1, -0.05) is 42.0 Å². The normalized spacial score (nSPS) is 15.8. The summed E-state index contributed by atoms with van der Waals surface area (Å²) < 4.78 is 5.78. The standard InChI is InChI=1S/C21H24N2O3/c1-15-6-8-17(9-7-15)23-21(25)11-10-20(24)22-14-19-18-5-3-2-4-16(18)12-13-26-19/h2-9,19H,10-14H2,1H3,(H,22,24)(H,23,25)/t19-/m0/s1. The topological polar surface area (TPSA) is 67.4 Å². The zero-order valence-corrected chi connectivity index (χ0v) is 15.0. The van der Waals surface area contributed by atoms with Crippen molar-refractivity contribution in [2.75, 3.05) is 18.5 Å². The molecule has 136 valence electrons. The van der Waals surface area contributed by atoms with Crippen molar-refractivity contribution in [1.29, 1.82) is 0 Å². The molecular weight excluding hydrogens is 328 g/mol. The van der Waals surface area contributed by atoms with Crippen LogP contribution in [0.2, 0.25) is 0 Å². The second-order valence-corrected chi connectivity index (χ2v) is 6.53. The minimum atomic E-state index is -0.164. The first-order chi connectivity index (χ1) is 12.6. The molecule has 0 saturated heterocycles. The van der Waals surface area contributed by atoms with Crippen LogP contribution in [0.1, 0.15) is 35.6 Å². The largest absolute Gasteiger partial charge is 0.371 e. The molecule has 2 aromatic carbocycles. The Hall–Kier alpha value is -2.66. The van der Waals surface area contributed by atoms with Crippen LogP contribution in [0.25, 0.3) is 0 Å². The van der Waals surface area contributed by atoms with Crippen molar-refractivity contribution in [2.24, 2.45) is 0 Å². The van der Waals surface area contributed by atoms with E-state index < -0.39 is 0 Å². The Morgan fingerprint density at radius 2 is 1.77 bits per heavy atom. The van der Waals surface area contributed by atoms with Crippen LogP contribution in [-0.4, -0.2) is 25.0 Å². The lowest BCUT2D eigenvalue weighted by molar-refractivity contribution is -0.124. The van der Waals surface area contributed by atoms with Crippen molar-refractivity contribution in [3.63, 3.8) is 0 Å². The Labute approximate surface area is 153 Å². The van der Waals surface area contributed by atoms with Crippen LogP contribution < -0.4 is 10.6 Å². The van der Waals surface area contributed by atoms with Gasteiger partial charge in [0.15, 0.2) is 0 Å². The lowest BCUT2D eigenvalue weighted by Crippen LogP contribution is -2.32. The molecule has 26 heavy (non-hydrogen) atoms. The monoisotopic (exact) mass is 352 g/mol. The van der Waals surface area contributed by atoms with E-state index in [1.807, 2.05) is 49.4 Å². The lowest BCUT2D eigenvalue weighted by Gasteiger charge is -2.26. The summed E-state index contributed by atoms with van der Waals surface area (Å²) in [6.45, 7) is 3.08. The van der Waals surface area contributed by atoms with Crippen molar-refractivity contribution in [3.8, 4) is 0 Å². The van der Waals surface area contributed by atoms with E-state index in [4.69, 9.17) is 4.74 Å². The van der Waals surface area contributed by atoms with E-state index in [9.17, 15) is 9.59 Å². The maximum absolute atomic E-state index is 12.1. The summed E-state index contributed by atoms with van der Waals surface area (Å²) in [6.07, 6.45) is 1.10. The molecule has 5 nitrogen and oxygen atoms in total. The van der Waals surface area contributed by atoms with Crippen LogP contribution in [0.4, 0.5) is 5.69 Å². The molecule has 1 atom stereocenters. The molecule has 0 aromatic heterocycles. The third-order valence-corrected chi connectivity index (χ3v) is 4.49. The first-order valence-corrected chi connectivity index (χ1v) is 8.94. The Balaban J connectivity index is 1.42. The number of fused-ring (bicyclic) bond motifs is 1. The summed E-state index contributed by atoms with van der Waals surface area (Å²) >= 11 is 0. The zero-order valence-electron chi connectivity index (χ0n) is 15.0. The quantitative estimate of drug-likeness (QED) is 0.839. The van der Waals surface area contributed by atoms with Crippen molar-refractivity contribution in [2.45, 2.75) is 32.3 Å². The second kappa shape index (κ2) is 8.63. The summed E-state index contributed by atoms with van der Waals surface area (Å²) in [5, 5.41) is 5.68. The van der Waals surface area contributed by atoms with E-state index in [0.717, 1.165) is 23.2 Å². The molecule has 1 aliphatic rings. The number of hydrogen-bond acceptors (Lipinski definition) is 3. The van der Waals surface area contributed by atoms with Gasteiger partial charge in [-0.25, -0.2) is 0 Å². The maximum atomic E-state index is 12.1. The highest BCUT2D eigenvalue weighted by molar-refractivity contribution is 5.93. The zero-order chi connectivity index (χ0) is 18.4. The fourth-order valence-corrected chi connectivity index (χ4v) is 3.03. The highest BCUT2D eigenvalue weighted by Gasteiger charge is 2.20. The van der Waals surface area contributed by atoms with Gasteiger partial charge in [-0.15, -0.1) is 0 Å². The number of hydrogen-bond donors (Lipinski definition) is 2. The first kappa shape index (κ1) is 18.1. The smallest absolute Gasteiger partial charge is 0.224 e. The number of rotatable bonds is 6. The number of carbonyl (C=O) groups is 2. The first-order valence-electron chi connectivity index (χ1n) is 8.94. The molecule has 1 aliphatic heterocycles. The number of carbonyl (C=O) groups excluding carboxylic acids is 2. The Morgan fingerprint density at radius 1 is 1.04 bits per heavy atom. The van der Waals surface area contributed by atoms with Gasteiger partial charge >= 0.3 is 0 Å². The van der Waals surface area contributed by atoms with Crippen molar-refractivity contribution in [1.82, 2.24) is 5.32 Å². The van der Waals surface area contributed by atoms with Crippen LogP contribution in [0.15, 0.2) is 48.5 Å². The molecule has 0 spiro atoms. The van der Waals surface area contributed by atoms with Crippen LogP contribution in [0, 0.1) is 6.92 Å². The van der Waals surface area contributed by atoms with E-state index in [-0.39, 0.29) is 30.8 Å². The van der Waals surface area contributed by atoms with Crippen LogP contribution in [-0.2, 0) is 20.7 Å². The van der Waals surface area contributed by atoms with Gasteiger partial charge < -0.3 is 15.4 Å². The van der Waals surface area contributed by atoms with Gasteiger partial charge in [-0.05, 0) is 36.6 Å². The molecular formula is C21H24N2O3. The molecule has 2 N–H and O–H groups in total. The minimum absolute atomic E-state index is 0.120. The second-order valence-electron chi connectivity index (χ2n) is 6.53. The predicted octanol–water partition coefficient (Wildman–Crippen LogP) is 3.14. The van der Waals surface area contributed by atoms with E-state index in [2.05, 4.69) is 16.7 Å². The number of aryl methyl sites for hydroxylation is 1. The van der Waals surface area contributed by atoms with E-state index >= 15 is 0 Å². The number of nitrogens with one attached hydrogen (secondary N) is 2. The Kier molecular flexibility index (Phi) is 6.02. The average Bonchev–Trinajstić information content (AvgIpc) is 2.66. The van der Waals surface area contributed by atoms with Gasteiger partial charge in [0.1, 0.15) is 6.10 Å². The highest BCUT2D eigenvalue weighted by Crippen LogP contribution is 2.26. The number of anilines is 1. The number of benzene rings is 2. The number of amides is 2. The van der Waals surface area contributed by atoms with Gasteiger partial charge in [0.05, 0.1) is 6.61 Å². The molecule has 2 aromatic rings. The van der Waals surface area contributed by atoms with Crippen LogP contribution >= 0.6 is 0 Å². The van der Waals surface area contributed by atoms with Crippen molar-refractivity contribution >= 4 is 17.5 Å². The molecule has 0 aliphatic carbocycles. The molecule has 0 fully saturated rings. The third-order valence-electron chi connectivity index (χ3n) is 4.49. The molecule has 0 unspecified atom stereocenters.